The molecule has 0 N–H and O–H groups in total. The molecule has 6 aromatic rings. The number of hydrogen-bond acceptors (Lipinski definition) is 1. The summed E-state index contributed by atoms with van der Waals surface area (Å²) >= 11 is 1.93. The Hall–Kier alpha value is -4.84. The highest BCUT2D eigenvalue weighted by molar-refractivity contribution is 7.19. The van der Waals surface area contributed by atoms with Crippen molar-refractivity contribution < 1.29 is 0 Å². The first-order valence-corrected chi connectivity index (χ1v) is 14.9. The van der Waals surface area contributed by atoms with Gasteiger partial charge in [-0.2, -0.15) is 0 Å². The standard InChI is InChI=1S/C39H29NS/c1-3-4-7-16-27(2)30-25-26-35-36(33-23-14-15-24-34(33)40(35)29-19-10-6-11-20-29)37(30)39-32-22-13-12-21-31(32)38(41-39)28-17-8-5-9-18-28/h1,4-12,14-21,23-26H,13,22H2,2H3/b7-4-,27-16+. The van der Waals surface area contributed by atoms with E-state index in [2.05, 4.69) is 133 Å². The molecule has 4 aromatic carbocycles. The van der Waals surface area contributed by atoms with Gasteiger partial charge in [0.1, 0.15) is 0 Å². The number of thiophene rings is 1. The molecule has 0 bridgehead atoms. The number of hydrogen-bond donors (Lipinski definition) is 0. The van der Waals surface area contributed by atoms with Crippen molar-refractivity contribution in [1.29, 1.82) is 0 Å². The lowest BCUT2D eigenvalue weighted by Gasteiger charge is -2.15. The SMILES string of the molecule is C#C/C=C\C=C(/C)c1ccc2c(c1-c1sc(-c3ccccc3)c3c1CCC=C3)c1ccccc1n2-c1ccccc1. The summed E-state index contributed by atoms with van der Waals surface area (Å²) in [7, 11) is 0. The van der Waals surface area contributed by atoms with Gasteiger partial charge in [-0.15, -0.1) is 17.8 Å². The van der Waals surface area contributed by atoms with Crippen molar-refractivity contribution in [2.45, 2.75) is 19.8 Å². The smallest absolute Gasteiger partial charge is 0.0548 e. The molecule has 2 aromatic heterocycles. The van der Waals surface area contributed by atoms with Gasteiger partial charge in [-0.1, -0.05) is 103 Å². The largest absolute Gasteiger partial charge is 0.309 e. The van der Waals surface area contributed by atoms with Crippen LogP contribution in [0, 0.1) is 12.3 Å². The van der Waals surface area contributed by atoms with E-state index in [9.17, 15) is 0 Å². The molecule has 1 aliphatic rings. The molecule has 0 amide bonds. The fourth-order valence-electron chi connectivity index (χ4n) is 6.16. The van der Waals surface area contributed by atoms with Gasteiger partial charge in [-0.05, 0) is 77.9 Å². The van der Waals surface area contributed by atoms with Crippen LogP contribution >= 0.6 is 11.3 Å². The molecule has 2 heteroatoms. The van der Waals surface area contributed by atoms with Gasteiger partial charge in [0.15, 0.2) is 0 Å². The van der Waals surface area contributed by atoms with E-state index in [1.807, 2.05) is 17.4 Å². The first-order chi connectivity index (χ1) is 20.3. The fourth-order valence-corrected chi connectivity index (χ4v) is 7.56. The Kier molecular flexibility index (Phi) is 6.51. The molecule has 0 spiro atoms. The number of allylic oxidation sites excluding steroid dienone is 5. The first kappa shape index (κ1) is 25.1. The Morgan fingerprint density at radius 2 is 1.61 bits per heavy atom. The highest BCUT2D eigenvalue weighted by Crippen LogP contribution is 2.50. The Bertz CT molecular complexity index is 2040. The number of fused-ring (bicyclic) bond motifs is 4. The first-order valence-electron chi connectivity index (χ1n) is 14.1. The average molecular weight is 544 g/mol. The second-order valence-electron chi connectivity index (χ2n) is 10.4. The third-order valence-electron chi connectivity index (χ3n) is 7.97. The van der Waals surface area contributed by atoms with Crippen LogP contribution in [0.5, 0.6) is 0 Å². The van der Waals surface area contributed by atoms with Gasteiger partial charge in [0, 0.05) is 31.8 Å². The minimum absolute atomic E-state index is 1.04. The summed E-state index contributed by atoms with van der Waals surface area (Å²) in [6, 6.07) is 35.0. The summed E-state index contributed by atoms with van der Waals surface area (Å²) in [5, 5.41) is 2.57. The van der Waals surface area contributed by atoms with Crippen molar-refractivity contribution in [3.8, 4) is 38.9 Å². The normalized spacial score (nSPS) is 13.2. The number of benzene rings is 4. The van der Waals surface area contributed by atoms with Gasteiger partial charge in [-0.3, -0.25) is 0 Å². The third kappa shape index (κ3) is 4.27. The van der Waals surface area contributed by atoms with Crippen LogP contribution in [0.25, 0.3) is 60.0 Å². The van der Waals surface area contributed by atoms with E-state index >= 15 is 0 Å². The molecule has 2 heterocycles. The summed E-state index contributed by atoms with van der Waals surface area (Å²) < 4.78 is 2.41. The minimum Gasteiger partial charge on any atom is -0.309 e. The van der Waals surface area contributed by atoms with Gasteiger partial charge >= 0.3 is 0 Å². The maximum atomic E-state index is 5.53. The van der Waals surface area contributed by atoms with Crippen LogP contribution in [0.2, 0.25) is 0 Å². The summed E-state index contributed by atoms with van der Waals surface area (Å²) in [6.45, 7) is 2.19. The molecule has 0 saturated carbocycles. The number of nitrogens with zero attached hydrogens (tertiary/aromatic N) is 1. The summed E-state index contributed by atoms with van der Waals surface area (Å²) in [4.78, 5) is 2.71. The van der Waals surface area contributed by atoms with Gasteiger partial charge in [0.25, 0.3) is 0 Å². The van der Waals surface area contributed by atoms with E-state index in [1.54, 1.807) is 6.08 Å². The molecule has 0 fully saturated rings. The van der Waals surface area contributed by atoms with Gasteiger partial charge in [-0.25, -0.2) is 0 Å². The maximum Gasteiger partial charge on any atom is 0.0548 e. The second kappa shape index (κ2) is 10.6. The summed E-state index contributed by atoms with van der Waals surface area (Å²) in [5.41, 5.74) is 11.5. The zero-order valence-electron chi connectivity index (χ0n) is 23.0. The van der Waals surface area contributed by atoms with E-state index in [0.29, 0.717) is 0 Å². The van der Waals surface area contributed by atoms with Gasteiger partial charge in [0.05, 0.1) is 11.0 Å². The average Bonchev–Trinajstić information content (AvgIpc) is 3.58. The number of aromatic nitrogens is 1. The molecule has 196 valence electrons. The zero-order valence-corrected chi connectivity index (χ0v) is 23.8. The van der Waals surface area contributed by atoms with Crippen LogP contribution in [-0.4, -0.2) is 4.57 Å². The van der Waals surface area contributed by atoms with Crippen LogP contribution < -0.4 is 0 Å². The van der Waals surface area contributed by atoms with E-state index < -0.39 is 0 Å². The topological polar surface area (TPSA) is 4.93 Å². The van der Waals surface area contributed by atoms with E-state index in [1.165, 1.54) is 70.6 Å². The lowest BCUT2D eigenvalue weighted by molar-refractivity contribution is 0.996. The molecule has 1 aliphatic carbocycles. The van der Waals surface area contributed by atoms with Crippen molar-refractivity contribution in [1.82, 2.24) is 4.57 Å². The maximum absolute atomic E-state index is 5.53. The summed E-state index contributed by atoms with van der Waals surface area (Å²) in [5.74, 6) is 2.62. The van der Waals surface area contributed by atoms with Gasteiger partial charge < -0.3 is 4.57 Å². The van der Waals surface area contributed by atoms with Crippen LogP contribution in [0.3, 0.4) is 0 Å². The number of rotatable bonds is 5. The van der Waals surface area contributed by atoms with Crippen molar-refractivity contribution in [3.05, 3.63) is 138 Å². The Labute approximate surface area is 245 Å². The predicted octanol–water partition coefficient (Wildman–Crippen LogP) is 10.7. The quantitative estimate of drug-likeness (QED) is 0.151. The fraction of sp³-hybridized carbons (Fsp3) is 0.0769. The van der Waals surface area contributed by atoms with Crippen LogP contribution in [0.1, 0.15) is 30.0 Å². The van der Waals surface area contributed by atoms with Crippen LogP contribution in [-0.2, 0) is 6.42 Å². The van der Waals surface area contributed by atoms with Gasteiger partial charge in [0.2, 0.25) is 0 Å². The predicted molar refractivity (Wildman–Crippen MR) is 179 cm³/mol. The molecule has 0 unspecified atom stereocenters. The molecule has 0 saturated heterocycles. The van der Waals surface area contributed by atoms with Crippen molar-refractivity contribution >= 4 is 44.8 Å². The van der Waals surface area contributed by atoms with Crippen molar-refractivity contribution in [3.63, 3.8) is 0 Å². The highest BCUT2D eigenvalue weighted by atomic mass is 32.1. The van der Waals surface area contributed by atoms with Crippen molar-refractivity contribution in [2.24, 2.45) is 0 Å². The van der Waals surface area contributed by atoms with E-state index in [4.69, 9.17) is 6.42 Å². The highest BCUT2D eigenvalue weighted by Gasteiger charge is 2.26. The zero-order chi connectivity index (χ0) is 27.8. The van der Waals surface area contributed by atoms with E-state index in [-0.39, 0.29) is 0 Å². The summed E-state index contributed by atoms with van der Waals surface area (Å²) in [6.07, 6.45) is 18.2. The molecule has 0 radical (unpaired) electrons. The molecule has 0 aliphatic heterocycles. The molecule has 7 rings (SSSR count). The van der Waals surface area contributed by atoms with E-state index in [0.717, 1.165) is 12.8 Å². The Balaban J connectivity index is 1.63. The lowest BCUT2D eigenvalue weighted by Crippen LogP contribution is -1.96. The minimum atomic E-state index is 1.04. The lowest BCUT2D eigenvalue weighted by atomic mass is 9.89. The van der Waals surface area contributed by atoms with Crippen molar-refractivity contribution in [2.75, 3.05) is 0 Å². The second-order valence-corrected chi connectivity index (χ2v) is 11.4. The molecule has 0 atom stereocenters. The Morgan fingerprint density at radius 3 is 2.41 bits per heavy atom. The molecular formula is C39H29NS. The van der Waals surface area contributed by atoms with Crippen LogP contribution in [0.4, 0.5) is 0 Å². The number of terminal acetylenes is 1. The monoisotopic (exact) mass is 543 g/mol. The third-order valence-corrected chi connectivity index (χ3v) is 9.29. The Morgan fingerprint density at radius 1 is 0.854 bits per heavy atom. The number of para-hydroxylation sites is 2. The van der Waals surface area contributed by atoms with Crippen LogP contribution in [0.15, 0.2) is 121 Å². The molecular weight excluding hydrogens is 515 g/mol. The molecule has 41 heavy (non-hydrogen) atoms. The molecule has 1 nitrogen and oxygen atoms in total.